The fraction of sp³-hybridized carbons (Fsp3) is 0.0625. The highest BCUT2D eigenvalue weighted by molar-refractivity contribution is 7.15. The van der Waals surface area contributed by atoms with Crippen LogP contribution in [0.25, 0.3) is 11.0 Å². The molecule has 26 heavy (non-hydrogen) atoms. The highest BCUT2D eigenvalue weighted by atomic mass is 35.5. The molecule has 3 aromatic rings. The van der Waals surface area contributed by atoms with E-state index in [0.29, 0.717) is 16.2 Å². The maximum absolute atomic E-state index is 11.8. The molecule has 0 aliphatic rings. The molecule has 1 aromatic carbocycles. The van der Waals surface area contributed by atoms with Crippen LogP contribution in [0.15, 0.2) is 46.7 Å². The fourth-order valence-electron chi connectivity index (χ4n) is 2.09. The minimum absolute atomic E-state index is 0.0102. The lowest BCUT2D eigenvalue weighted by Gasteiger charge is -2.02. The molecule has 0 aliphatic heterocycles. The Bertz CT molecular complexity index is 1090. The Balaban J connectivity index is 1.66. The van der Waals surface area contributed by atoms with Gasteiger partial charge in [-0.2, -0.15) is 0 Å². The SMILES string of the molecule is O=C(/C=C/c1ccc(Cl)c([N+](=O)[O-])c1)OCc1cc(=O)n2ccsc2n1. The van der Waals surface area contributed by atoms with Crippen molar-refractivity contribution in [3.8, 4) is 0 Å². The smallest absolute Gasteiger partial charge is 0.331 e. The van der Waals surface area contributed by atoms with Gasteiger partial charge in [-0.25, -0.2) is 9.78 Å². The lowest BCUT2D eigenvalue weighted by Crippen LogP contribution is -2.14. The van der Waals surface area contributed by atoms with E-state index < -0.39 is 10.9 Å². The van der Waals surface area contributed by atoms with Crippen LogP contribution in [-0.2, 0) is 16.1 Å². The number of benzene rings is 1. The maximum atomic E-state index is 11.8. The van der Waals surface area contributed by atoms with Gasteiger partial charge in [0.15, 0.2) is 4.96 Å². The van der Waals surface area contributed by atoms with E-state index in [-0.39, 0.29) is 22.9 Å². The number of ether oxygens (including phenoxy) is 1. The van der Waals surface area contributed by atoms with Gasteiger partial charge in [-0.3, -0.25) is 19.3 Å². The zero-order chi connectivity index (χ0) is 18.7. The van der Waals surface area contributed by atoms with E-state index in [1.165, 1.54) is 46.1 Å². The van der Waals surface area contributed by atoms with Gasteiger partial charge >= 0.3 is 5.97 Å². The summed E-state index contributed by atoms with van der Waals surface area (Å²) >= 11 is 7.02. The Hall–Kier alpha value is -3.04. The predicted octanol–water partition coefficient (Wildman–Crippen LogP) is 3.07. The third kappa shape index (κ3) is 3.95. The quantitative estimate of drug-likeness (QED) is 0.286. The second-order valence-electron chi connectivity index (χ2n) is 5.05. The van der Waals surface area contributed by atoms with Gasteiger partial charge in [-0.1, -0.05) is 17.7 Å². The van der Waals surface area contributed by atoms with E-state index in [0.717, 1.165) is 6.08 Å². The molecule has 0 amide bonds. The fourth-order valence-corrected chi connectivity index (χ4v) is 3.02. The molecule has 2 aromatic heterocycles. The van der Waals surface area contributed by atoms with Crippen LogP contribution < -0.4 is 5.56 Å². The molecule has 0 aliphatic carbocycles. The van der Waals surface area contributed by atoms with Crippen LogP contribution >= 0.6 is 22.9 Å². The Kier molecular flexibility index (Phi) is 5.10. The summed E-state index contributed by atoms with van der Waals surface area (Å²) in [5.41, 5.74) is 0.248. The van der Waals surface area contributed by atoms with Crippen molar-refractivity contribution in [2.75, 3.05) is 0 Å². The molecular formula is C16H10ClN3O5S. The summed E-state index contributed by atoms with van der Waals surface area (Å²) in [4.78, 5) is 38.6. The van der Waals surface area contributed by atoms with Gasteiger partial charge in [0, 0.05) is 29.8 Å². The molecule has 8 nitrogen and oxygen atoms in total. The maximum Gasteiger partial charge on any atom is 0.331 e. The lowest BCUT2D eigenvalue weighted by molar-refractivity contribution is -0.384. The van der Waals surface area contributed by atoms with Gasteiger partial charge in [0.1, 0.15) is 11.6 Å². The summed E-state index contributed by atoms with van der Waals surface area (Å²) < 4.78 is 6.43. The standard InChI is InChI=1S/C16H10ClN3O5S/c17-12-3-1-10(7-13(12)20(23)24)2-4-15(22)25-9-11-8-14(21)19-5-6-26-16(19)18-11/h1-8H,9H2/b4-2+. The van der Waals surface area contributed by atoms with Crippen LogP contribution in [0.4, 0.5) is 5.69 Å². The molecule has 0 saturated heterocycles. The summed E-state index contributed by atoms with van der Waals surface area (Å²) in [6.45, 7) is -0.159. The van der Waals surface area contributed by atoms with E-state index in [4.69, 9.17) is 16.3 Å². The number of halogens is 1. The number of esters is 1. The zero-order valence-corrected chi connectivity index (χ0v) is 14.6. The molecule has 0 unspecified atom stereocenters. The Morgan fingerprint density at radius 1 is 1.42 bits per heavy atom. The van der Waals surface area contributed by atoms with Crippen LogP contribution in [-0.4, -0.2) is 20.3 Å². The summed E-state index contributed by atoms with van der Waals surface area (Å²) in [5, 5.41) is 12.6. The number of carbonyl (C=O) groups excluding carboxylic acids is 1. The molecule has 0 saturated carbocycles. The van der Waals surface area contributed by atoms with E-state index in [2.05, 4.69) is 4.98 Å². The van der Waals surface area contributed by atoms with Crippen molar-refractivity contribution >= 4 is 45.6 Å². The largest absolute Gasteiger partial charge is 0.456 e. The zero-order valence-electron chi connectivity index (χ0n) is 13.0. The van der Waals surface area contributed by atoms with Crippen molar-refractivity contribution in [2.24, 2.45) is 0 Å². The van der Waals surface area contributed by atoms with E-state index in [1.807, 2.05) is 0 Å². The monoisotopic (exact) mass is 391 g/mol. The number of nitro groups is 1. The number of hydrogen-bond acceptors (Lipinski definition) is 7. The number of carbonyl (C=O) groups is 1. The lowest BCUT2D eigenvalue weighted by atomic mass is 10.2. The normalized spacial score (nSPS) is 11.1. The first-order valence-electron chi connectivity index (χ1n) is 7.18. The van der Waals surface area contributed by atoms with E-state index in [9.17, 15) is 19.7 Å². The van der Waals surface area contributed by atoms with Crippen molar-refractivity contribution in [3.05, 3.63) is 78.7 Å². The number of rotatable bonds is 5. The van der Waals surface area contributed by atoms with Crippen LogP contribution in [0.3, 0.4) is 0 Å². The van der Waals surface area contributed by atoms with Crippen molar-refractivity contribution in [1.29, 1.82) is 0 Å². The Morgan fingerprint density at radius 2 is 2.23 bits per heavy atom. The summed E-state index contributed by atoms with van der Waals surface area (Å²) in [6, 6.07) is 5.45. The Labute approximate surface area is 155 Å². The number of thiazole rings is 1. The molecule has 0 bridgehead atoms. The first-order chi connectivity index (χ1) is 12.4. The third-order valence-corrected chi connectivity index (χ3v) is 4.37. The van der Waals surface area contributed by atoms with Gasteiger partial charge in [-0.05, 0) is 17.7 Å². The van der Waals surface area contributed by atoms with Crippen LogP contribution in [0.5, 0.6) is 0 Å². The van der Waals surface area contributed by atoms with Crippen molar-refractivity contribution in [1.82, 2.24) is 9.38 Å². The van der Waals surface area contributed by atoms with Crippen LogP contribution in [0, 0.1) is 10.1 Å². The van der Waals surface area contributed by atoms with E-state index in [1.54, 1.807) is 11.6 Å². The molecule has 10 heteroatoms. The molecule has 132 valence electrons. The number of aromatic nitrogens is 2. The Morgan fingerprint density at radius 3 is 3.00 bits per heavy atom. The van der Waals surface area contributed by atoms with Gasteiger partial charge in [0.2, 0.25) is 0 Å². The second kappa shape index (κ2) is 7.46. The molecule has 0 N–H and O–H groups in total. The van der Waals surface area contributed by atoms with Gasteiger partial charge < -0.3 is 4.74 Å². The minimum Gasteiger partial charge on any atom is -0.456 e. The van der Waals surface area contributed by atoms with Gasteiger partial charge in [0.25, 0.3) is 11.2 Å². The third-order valence-electron chi connectivity index (χ3n) is 3.30. The molecule has 2 heterocycles. The number of fused-ring (bicyclic) bond motifs is 1. The van der Waals surface area contributed by atoms with Gasteiger partial charge in [0.05, 0.1) is 10.6 Å². The van der Waals surface area contributed by atoms with Crippen molar-refractivity contribution in [2.45, 2.75) is 6.61 Å². The second-order valence-corrected chi connectivity index (χ2v) is 6.33. The first-order valence-corrected chi connectivity index (χ1v) is 8.44. The molecule has 0 atom stereocenters. The highest BCUT2D eigenvalue weighted by Gasteiger charge is 2.12. The molecular weight excluding hydrogens is 382 g/mol. The molecule has 0 radical (unpaired) electrons. The first kappa shape index (κ1) is 17.8. The van der Waals surface area contributed by atoms with Crippen molar-refractivity contribution in [3.63, 3.8) is 0 Å². The predicted molar refractivity (Wildman–Crippen MR) is 96.3 cm³/mol. The van der Waals surface area contributed by atoms with E-state index >= 15 is 0 Å². The molecule has 0 fully saturated rings. The van der Waals surface area contributed by atoms with Crippen LogP contribution in [0.1, 0.15) is 11.3 Å². The summed E-state index contributed by atoms with van der Waals surface area (Å²) in [6.07, 6.45) is 4.11. The molecule has 0 spiro atoms. The van der Waals surface area contributed by atoms with Gasteiger partial charge in [-0.15, -0.1) is 11.3 Å². The average Bonchev–Trinajstić information content (AvgIpc) is 3.08. The number of nitrogens with zero attached hydrogens (tertiary/aromatic N) is 3. The number of nitro benzene ring substituents is 1. The van der Waals surface area contributed by atoms with Crippen LogP contribution in [0.2, 0.25) is 5.02 Å². The van der Waals surface area contributed by atoms with Crippen molar-refractivity contribution < 1.29 is 14.5 Å². The average molecular weight is 392 g/mol. The highest BCUT2D eigenvalue weighted by Crippen LogP contribution is 2.25. The molecule has 3 rings (SSSR count). The summed E-state index contributed by atoms with van der Waals surface area (Å²) in [7, 11) is 0. The summed E-state index contributed by atoms with van der Waals surface area (Å²) in [5.74, 6) is -0.671. The number of hydrogen-bond donors (Lipinski definition) is 0. The topological polar surface area (TPSA) is 104 Å². The minimum atomic E-state index is -0.671.